The lowest BCUT2D eigenvalue weighted by molar-refractivity contribution is -0.113. The third kappa shape index (κ3) is 3.06. The molecule has 140 valence electrons. The van der Waals surface area contributed by atoms with E-state index in [0.29, 0.717) is 0 Å². The summed E-state index contributed by atoms with van der Waals surface area (Å²) in [5.41, 5.74) is 12.0. The van der Waals surface area contributed by atoms with Gasteiger partial charge in [0.05, 0.1) is 0 Å². The standard InChI is InChI=1S/C23H17N5O/c24-21(29)5-4-14-2-1-3-15(10-14)16-11-19-20(13-28-23(19)27-12-16)17-6-8-25-22-18(17)7-9-26-22/h1-13H,(H2,24,29)(H,25,26)(H,27,28)/b5-4+. The Bertz CT molecular complexity index is 1390. The number of primary amides is 1. The highest BCUT2D eigenvalue weighted by molar-refractivity contribution is 6.03. The molecule has 0 saturated carbocycles. The lowest BCUT2D eigenvalue weighted by atomic mass is 10.00. The third-order valence-corrected chi connectivity index (χ3v) is 4.94. The van der Waals surface area contributed by atoms with Crippen LogP contribution in [0.4, 0.5) is 0 Å². The molecule has 0 radical (unpaired) electrons. The molecule has 4 N–H and O–H groups in total. The van der Waals surface area contributed by atoms with E-state index in [1.54, 1.807) is 12.3 Å². The number of nitrogens with one attached hydrogen (secondary N) is 2. The lowest BCUT2D eigenvalue weighted by Crippen LogP contribution is -2.05. The first-order chi connectivity index (χ1) is 14.2. The van der Waals surface area contributed by atoms with Crippen LogP contribution in [-0.4, -0.2) is 25.8 Å². The summed E-state index contributed by atoms with van der Waals surface area (Å²) in [4.78, 5) is 26.4. The van der Waals surface area contributed by atoms with E-state index in [-0.39, 0.29) is 0 Å². The van der Waals surface area contributed by atoms with E-state index >= 15 is 0 Å². The first-order valence-corrected chi connectivity index (χ1v) is 9.16. The molecule has 0 saturated heterocycles. The number of hydrogen-bond donors (Lipinski definition) is 3. The molecule has 4 aromatic heterocycles. The number of H-pyrrole nitrogens is 2. The van der Waals surface area contributed by atoms with Gasteiger partial charge in [0.15, 0.2) is 0 Å². The number of pyridine rings is 2. The SMILES string of the molecule is NC(=O)/C=C/c1cccc(-c2cnc3[nH]cc(-c4ccnc5[nH]ccc45)c3c2)c1. The number of hydrogen-bond acceptors (Lipinski definition) is 3. The second-order valence-electron chi connectivity index (χ2n) is 6.78. The Labute approximate surface area is 166 Å². The van der Waals surface area contributed by atoms with Gasteiger partial charge < -0.3 is 15.7 Å². The van der Waals surface area contributed by atoms with Crippen LogP contribution in [0, 0.1) is 0 Å². The predicted molar refractivity (Wildman–Crippen MR) is 115 cm³/mol. The molecule has 29 heavy (non-hydrogen) atoms. The summed E-state index contributed by atoms with van der Waals surface area (Å²) < 4.78 is 0. The fourth-order valence-corrected chi connectivity index (χ4v) is 3.58. The van der Waals surface area contributed by atoms with E-state index in [0.717, 1.165) is 49.9 Å². The first kappa shape index (κ1) is 16.9. The molecule has 6 heteroatoms. The Hall–Kier alpha value is -4.19. The number of rotatable bonds is 4. The number of carbonyl (C=O) groups excluding carboxylic acids is 1. The fraction of sp³-hybridized carbons (Fsp3) is 0. The number of aromatic amines is 2. The van der Waals surface area contributed by atoms with Crippen LogP contribution in [0.5, 0.6) is 0 Å². The molecule has 0 aliphatic carbocycles. The molecule has 5 aromatic rings. The highest BCUT2D eigenvalue weighted by Gasteiger charge is 2.12. The van der Waals surface area contributed by atoms with Gasteiger partial charge in [-0.15, -0.1) is 0 Å². The van der Waals surface area contributed by atoms with Crippen molar-refractivity contribution in [1.82, 2.24) is 19.9 Å². The van der Waals surface area contributed by atoms with Crippen molar-refractivity contribution in [2.24, 2.45) is 5.73 Å². The third-order valence-electron chi connectivity index (χ3n) is 4.94. The molecule has 1 aromatic carbocycles. The van der Waals surface area contributed by atoms with Crippen molar-refractivity contribution in [1.29, 1.82) is 0 Å². The van der Waals surface area contributed by atoms with Crippen LogP contribution in [0.25, 0.3) is 50.4 Å². The molecular formula is C23H17N5O. The lowest BCUT2D eigenvalue weighted by Gasteiger charge is -2.05. The van der Waals surface area contributed by atoms with Crippen molar-refractivity contribution >= 4 is 34.1 Å². The van der Waals surface area contributed by atoms with E-state index in [9.17, 15) is 4.79 Å². The molecule has 0 bridgehead atoms. The summed E-state index contributed by atoms with van der Waals surface area (Å²) in [6.07, 6.45) is 10.6. The number of benzene rings is 1. The van der Waals surface area contributed by atoms with Crippen LogP contribution in [0.2, 0.25) is 0 Å². The molecule has 5 rings (SSSR count). The van der Waals surface area contributed by atoms with Crippen molar-refractivity contribution in [2.75, 3.05) is 0 Å². The van der Waals surface area contributed by atoms with Crippen LogP contribution in [0.3, 0.4) is 0 Å². The maximum absolute atomic E-state index is 11.0. The van der Waals surface area contributed by atoms with Crippen molar-refractivity contribution in [3.63, 3.8) is 0 Å². The average Bonchev–Trinajstić information content (AvgIpc) is 3.38. The number of carbonyl (C=O) groups is 1. The van der Waals surface area contributed by atoms with E-state index in [1.165, 1.54) is 6.08 Å². The topological polar surface area (TPSA) is 100 Å². The molecule has 0 unspecified atom stereocenters. The monoisotopic (exact) mass is 379 g/mol. The van der Waals surface area contributed by atoms with E-state index in [2.05, 4.69) is 26.0 Å². The fourth-order valence-electron chi connectivity index (χ4n) is 3.58. The van der Waals surface area contributed by atoms with Gasteiger partial charge >= 0.3 is 0 Å². The summed E-state index contributed by atoms with van der Waals surface area (Å²) in [7, 11) is 0. The number of aromatic nitrogens is 4. The molecule has 0 aliphatic heterocycles. The van der Waals surface area contributed by atoms with Gasteiger partial charge in [-0.1, -0.05) is 18.2 Å². The molecule has 4 heterocycles. The van der Waals surface area contributed by atoms with Gasteiger partial charge in [-0.25, -0.2) is 9.97 Å². The van der Waals surface area contributed by atoms with Crippen molar-refractivity contribution in [2.45, 2.75) is 0 Å². The van der Waals surface area contributed by atoms with Gasteiger partial charge in [0.25, 0.3) is 0 Å². The second-order valence-corrected chi connectivity index (χ2v) is 6.78. The van der Waals surface area contributed by atoms with Crippen molar-refractivity contribution in [3.05, 3.63) is 78.9 Å². The molecule has 0 fully saturated rings. The molecule has 0 aliphatic rings. The minimum absolute atomic E-state index is 0.469. The maximum atomic E-state index is 11.0. The van der Waals surface area contributed by atoms with Crippen molar-refractivity contribution in [3.8, 4) is 22.3 Å². The Morgan fingerprint density at radius 2 is 1.83 bits per heavy atom. The van der Waals surface area contributed by atoms with Gasteiger partial charge in [0.2, 0.25) is 5.91 Å². The van der Waals surface area contributed by atoms with Crippen LogP contribution >= 0.6 is 0 Å². The molecule has 6 nitrogen and oxygen atoms in total. The average molecular weight is 379 g/mol. The van der Waals surface area contributed by atoms with Crippen molar-refractivity contribution < 1.29 is 4.79 Å². The predicted octanol–water partition coefficient (Wildman–Crippen LogP) is 4.27. The van der Waals surface area contributed by atoms with E-state index < -0.39 is 5.91 Å². The zero-order valence-corrected chi connectivity index (χ0v) is 15.4. The minimum Gasteiger partial charge on any atom is -0.366 e. The van der Waals surface area contributed by atoms with Gasteiger partial charge in [-0.3, -0.25) is 4.79 Å². The first-order valence-electron chi connectivity index (χ1n) is 9.16. The summed E-state index contributed by atoms with van der Waals surface area (Å²) in [6, 6.07) is 14.1. The Morgan fingerprint density at radius 3 is 2.72 bits per heavy atom. The second kappa shape index (κ2) is 6.76. The van der Waals surface area contributed by atoms with Gasteiger partial charge in [0.1, 0.15) is 11.3 Å². The zero-order valence-electron chi connectivity index (χ0n) is 15.4. The van der Waals surface area contributed by atoms with Gasteiger partial charge in [0, 0.05) is 52.8 Å². The van der Waals surface area contributed by atoms with Crippen LogP contribution in [0.1, 0.15) is 5.56 Å². The van der Waals surface area contributed by atoms with Crippen LogP contribution < -0.4 is 5.73 Å². The quantitative estimate of drug-likeness (QED) is 0.406. The minimum atomic E-state index is -0.469. The van der Waals surface area contributed by atoms with Crippen LogP contribution in [-0.2, 0) is 4.79 Å². The largest absolute Gasteiger partial charge is 0.366 e. The Balaban J connectivity index is 1.63. The summed E-state index contributed by atoms with van der Waals surface area (Å²) in [5, 5.41) is 2.10. The molecule has 0 spiro atoms. The summed E-state index contributed by atoms with van der Waals surface area (Å²) in [6.45, 7) is 0. The van der Waals surface area contributed by atoms with E-state index in [1.807, 2.05) is 55.0 Å². The normalized spacial score (nSPS) is 11.6. The van der Waals surface area contributed by atoms with E-state index in [4.69, 9.17) is 5.73 Å². The van der Waals surface area contributed by atoms with Gasteiger partial charge in [-0.2, -0.15) is 0 Å². The molecule has 0 atom stereocenters. The van der Waals surface area contributed by atoms with Crippen LogP contribution in [0.15, 0.2) is 73.3 Å². The Morgan fingerprint density at radius 1 is 0.931 bits per heavy atom. The molecule has 1 amide bonds. The maximum Gasteiger partial charge on any atom is 0.241 e. The molecular weight excluding hydrogens is 362 g/mol. The summed E-state index contributed by atoms with van der Waals surface area (Å²) in [5.74, 6) is -0.469. The Kier molecular flexibility index (Phi) is 3.95. The van der Waals surface area contributed by atoms with Gasteiger partial charge in [-0.05, 0) is 47.0 Å². The number of fused-ring (bicyclic) bond motifs is 2. The summed E-state index contributed by atoms with van der Waals surface area (Å²) >= 11 is 0. The number of nitrogens with zero attached hydrogens (tertiary/aromatic N) is 2. The number of amides is 1. The smallest absolute Gasteiger partial charge is 0.241 e. The zero-order chi connectivity index (χ0) is 19.8. The number of nitrogens with two attached hydrogens (primary N) is 1. The highest BCUT2D eigenvalue weighted by Crippen LogP contribution is 2.34. The highest BCUT2D eigenvalue weighted by atomic mass is 16.1.